The van der Waals surface area contributed by atoms with Crippen LogP contribution in [0.1, 0.15) is 18.5 Å². The molecule has 1 N–H and O–H groups in total. The van der Waals surface area contributed by atoms with Crippen molar-refractivity contribution in [2.24, 2.45) is 0 Å². The molecule has 0 amide bonds. The van der Waals surface area contributed by atoms with Crippen LogP contribution in [0.4, 0.5) is 5.13 Å². The Hall–Kier alpha value is -2.26. The van der Waals surface area contributed by atoms with Gasteiger partial charge in [0, 0.05) is 24.0 Å². The Bertz CT molecular complexity index is 1040. The number of nitrogens with one attached hydrogen (secondary N) is 1. The van der Waals surface area contributed by atoms with Crippen LogP contribution >= 0.6 is 11.3 Å². The first-order valence-corrected chi connectivity index (χ1v) is 11.8. The van der Waals surface area contributed by atoms with Crippen molar-refractivity contribution in [3.8, 4) is 11.3 Å². The standard InChI is InChI=1S/C21H23N3O3S2/c1-16(17-5-3-2-4-6-17)22-21-23-20(15-28-21)18-7-9-19(10-8-18)29(25,26)24-11-13-27-14-12-24/h2-10,15-16H,11-14H2,1H3,(H,22,23)/t16-/m0/s1. The smallest absolute Gasteiger partial charge is 0.243 e. The summed E-state index contributed by atoms with van der Waals surface area (Å²) in [5.74, 6) is 0. The second-order valence-corrected chi connectivity index (χ2v) is 9.65. The van der Waals surface area contributed by atoms with Gasteiger partial charge in [0.05, 0.1) is 29.8 Å². The van der Waals surface area contributed by atoms with Gasteiger partial charge in [-0.1, -0.05) is 42.5 Å². The fourth-order valence-electron chi connectivity index (χ4n) is 3.22. The predicted molar refractivity (Wildman–Crippen MR) is 116 cm³/mol. The average Bonchev–Trinajstić information content (AvgIpc) is 3.23. The summed E-state index contributed by atoms with van der Waals surface area (Å²) in [4.78, 5) is 4.96. The monoisotopic (exact) mass is 429 g/mol. The summed E-state index contributed by atoms with van der Waals surface area (Å²) in [6.07, 6.45) is 0. The minimum Gasteiger partial charge on any atom is -0.379 e. The van der Waals surface area contributed by atoms with Gasteiger partial charge in [0.1, 0.15) is 0 Å². The molecule has 1 aliphatic heterocycles. The van der Waals surface area contributed by atoms with E-state index in [2.05, 4.69) is 29.4 Å². The van der Waals surface area contributed by atoms with Crippen LogP contribution in [0.25, 0.3) is 11.3 Å². The van der Waals surface area contributed by atoms with Crippen molar-refractivity contribution in [2.45, 2.75) is 17.9 Å². The number of rotatable bonds is 6. The molecule has 0 saturated carbocycles. The Kier molecular flexibility index (Phi) is 5.96. The molecule has 0 aliphatic carbocycles. The molecule has 152 valence electrons. The van der Waals surface area contributed by atoms with Gasteiger partial charge < -0.3 is 10.1 Å². The quantitative estimate of drug-likeness (QED) is 0.641. The summed E-state index contributed by atoms with van der Waals surface area (Å²) in [6, 6.07) is 17.3. The number of thiazole rings is 1. The summed E-state index contributed by atoms with van der Waals surface area (Å²) in [6.45, 7) is 3.76. The Morgan fingerprint density at radius 1 is 1.07 bits per heavy atom. The van der Waals surface area contributed by atoms with Crippen LogP contribution in [0.3, 0.4) is 0 Å². The number of benzene rings is 2. The van der Waals surface area contributed by atoms with Crippen molar-refractivity contribution in [1.82, 2.24) is 9.29 Å². The molecular formula is C21H23N3O3S2. The van der Waals surface area contributed by atoms with Gasteiger partial charge in [-0.3, -0.25) is 0 Å². The number of morpholine rings is 1. The number of nitrogens with zero attached hydrogens (tertiary/aromatic N) is 2. The van der Waals surface area contributed by atoms with Crippen LogP contribution < -0.4 is 5.32 Å². The highest BCUT2D eigenvalue weighted by Crippen LogP contribution is 2.29. The van der Waals surface area contributed by atoms with E-state index in [1.807, 2.05) is 35.7 Å². The van der Waals surface area contributed by atoms with E-state index in [4.69, 9.17) is 4.74 Å². The van der Waals surface area contributed by atoms with Crippen LogP contribution in [-0.4, -0.2) is 44.0 Å². The van der Waals surface area contributed by atoms with Crippen LogP contribution in [0.2, 0.25) is 0 Å². The molecule has 4 rings (SSSR count). The Morgan fingerprint density at radius 3 is 2.45 bits per heavy atom. The average molecular weight is 430 g/mol. The van der Waals surface area contributed by atoms with E-state index >= 15 is 0 Å². The largest absolute Gasteiger partial charge is 0.379 e. The fraction of sp³-hybridized carbons (Fsp3) is 0.286. The first-order valence-electron chi connectivity index (χ1n) is 9.49. The SMILES string of the molecule is C[C@H](Nc1nc(-c2ccc(S(=O)(=O)N3CCOCC3)cc2)cs1)c1ccccc1. The number of anilines is 1. The van der Waals surface area contributed by atoms with Crippen molar-refractivity contribution < 1.29 is 13.2 Å². The molecule has 1 saturated heterocycles. The molecule has 1 aromatic heterocycles. The van der Waals surface area contributed by atoms with Crippen molar-refractivity contribution in [2.75, 3.05) is 31.6 Å². The highest BCUT2D eigenvalue weighted by Gasteiger charge is 2.26. The van der Waals surface area contributed by atoms with Gasteiger partial charge in [-0.25, -0.2) is 13.4 Å². The lowest BCUT2D eigenvalue weighted by atomic mass is 10.1. The maximum atomic E-state index is 12.7. The maximum absolute atomic E-state index is 12.7. The molecule has 2 heterocycles. The van der Waals surface area contributed by atoms with E-state index in [1.165, 1.54) is 21.2 Å². The number of hydrogen-bond donors (Lipinski definition) is 1. The molecule has 0 bridgehead atoms. The molecule has 1 aliphatic rings. The van der Waals surface area contributed by atoms with Crippen LogP contribution in [-0.2, 0) is 14.8 Å². The summed E-state index contributed by atoms with van der Waals surface area (Å²) in [5.41, 5.74) is 2.91. The lowest BCUT2D eigenvalue weighted by Gasteiger charge is -2.26. The zero-order valence-electron chi connectivity index (χ0n) is 16.1. The van der Waals surface area contributed by atoms with Crippen LogP contribution in [0.5, 0.6) is 0 Å². The second kappa shape index (κ2) is 8.62. The minimum atomic E-state index is -3.48. The van der Waals surface area contributed by atoms with Gasteiger partial charge in [0.2, 0.25) is 10.0 Å². The number of ether oxygens (including phenoxy) is 1. The number of sulfonamides is 1. The molecule has 0 radical (unpaired) electrons. The lowest BCUT2D eigenvalue weighted by molar-refractivity contribution is 0.0730. The molecule has 6 nitrogen and oxygen atoms in total. The van der Waals surface area contributed by atoms with E-state index in [0.29, 0.717) is 31.2 Å². The van der Waals surface area contributed by atoms with E-state index < -0.39 is 10.0 Å². The zero-order valence-corrected chi connectivity index (χ0v) is 17.7. The molecule has 0 spiro atoms. The summed E-state index contributed by atoms with van der Waals surface area (Å²) in [5, 5.41) is 6.23. The van der Waals surface area contributed by atoms with Crippen LogP contribution in [0, 0.1) is 0 Å². The number of aromatic nitrogens is 1. The van der Waals surface area contributed by atoms with E-state index in [9.17, 15) is 8.42 Å². The Balaban J connectivity index is 1.47. The molecule has 8 heteroatoms. The molecule has 1 fully saturated rings. The zero-order chi connectivity index (χ0) is 20.3. The van der Waals surface area contributed by atoms with Gasteiger partial charge >= 0.3 is 0 Å². The number of hydrogen-bond acceptors (Lipinski definition) is 6. The van der Waals surface area contributed by atoms with E-state index in [-0.39, 0.29) is 6.04 Å². The third kappa shape index (κ3) is 4.51. The molecule has 2 aromatic carbocycles. The molecule has 29 heavy (non-hydrogen) atoms. The van der Waals surface area contributed by atoms with Crippen molar-refractivity contribution in [3.63, 3.8) is 0 Å². The highest BCUT2D eigenvalue weighted by atomic mass is 32.2. The predicted octanol–water partition coefficient (Wildman–Crippen LogP) is 4.00. The minimum absolute atomic E-state index is 0.149. The first-order chi connectivity index (χ1) is 14.0. The molecule has 1 atom stereocenters. The van der Waals surface area contributed by atoms with Gasteiger partial charge in [-0.2, -0.15) is 4.31 Å². The highest BCUT2D eigenvalue weighted by molar-refractivity contribution is 7.89. The Morgan fingerprint density at radius 2 is 1.76 bits per heavy atom. The lowest BCUT2D eigenvalue weighted by Crippen LogP contribution is -2.40. The van der Waals surface area contributed by atoms with E-state index in [0.717, 1.165) is 16.4 Å². The van der Waals surface area contributed by atoms with Gasteiger partial charge in [-0.05, 0) is 24.6 Å². The summed E-state index contributed by atoms with van der Waals surface area (Å²) >= 11 is 1.54. The summed E-state index contributed by atoms with van der Waals surface area (Å²) in [7, 11) is -3.48. The van der Waals surface area contributed by atoms with E-state index in [1.54, 1.807) is 12.1 Å². The van der Waals surface area contributed by atoms with Crippen molar-refractivity contribution in [1.29, 1.82) is 0 Å². The van der Waals surface area contributed by atoms with Gasteiger partial charge in [-0.15, -0.1) is 11.3 Å². The van der Waals surface area contributed by atoms with Crippen molar-refractivity contribution >= 4 is 26.5 Å². The van der Waals surface area contributed by atoms with Gasteiger partial charge in [0.25, 0.3) is 0 Å². The topological polar surface area (TPSA) is 71.5 Å². The van der Waals surface area contributed by atoms with Crippen LogP contribution in [0.15, 0.2) is 64.9 Å². The fourth-order valence-corrected chi connectivity index (χ4v) is 5.43. The first kappa shape index (κ1) is 20.0. The summed E-state index contributed by atoms with van der Waals surface area (Å²) < 4.78 is 32.2. The molecule has 3 aromatic rings. The van der Waals surface area contributed by atoms with Crippen molar-refractivity contribution in [3.05, 3.63) is 65.5 Å². The maximum Gasteiger partial charge on any atom is 0.243 e. The molecular weight excluding hydrogens is 406 g/mol. The third-order valence-electron chi connectivity index (χ3n) is 4.90. The van der Waals surface area contributed by atoms with Gasteiger partial charge in [0.15, 0.2) is 5.13 Å². The normalized spacial score (nSPS) is 16.4. The molecule has 0 unspecified atom stereocenters. The third-order valence-corrected chi connectivity index (χ3v) is 7.59. The second-order valence-electron chi connectivity index (χ2n) is 6.86. The Labute approximate surface area is 175 Å².